The smallest absolute Gasteiger partial charge is 0.407 e. The molecular formula is C12H16N2O2. The number of hydrogen-bond acceptors (Lipinski definition) is 2. The second kappa shape index (κ2) is 4.88. The molecule has 0 aromatic carbocycles. The van der Waals surface area contributed by atoms with E-state index in [0.29, 0.717) is 6.54 Å². The molecule has 0 spiro atoms. The highest BCUT2D eigenvalue weighted by molar-refractivity contribution is 5.66. The number of allylic oxidation sites excluding steroid dienone is 4. The molecule has 1 fully saturated rings. The molecule has 0 saturated carbocycles. The number of nitrogens with zero attached hydrogens (tertiary/aromatic N) is 1. The van der Waals surface area contributed by atoms with Crippen LogP contribution in [0.1, 0.15) is 19.3 Å². The predicted octanol–water partition coefficient (Wildman–Crippen LogP) is 2.08. The molecule has 0 bridgehead atoms. The van der Waals surface area contributed by atoms with Crippen molar-refractivity contribution in [2.24, 2.45) is 0 Å². The SMILES string of the molecule is O=C(O)N1CCCCC1C1=CC=CC=CN1. The van der Waals surface area contributed by atoms with Crippen molar-refractivity contribution in [3.63, 3.8) is 0 Å². The highest BCUT2D eigenvalue weighted by Gasteiger charge is 2.28. The number of nitrogens with one attached hydrogen (secondary N) is 1. The van der Waals surface area contributed by atoms with Gasteiger partial charge in [0.2, 0.25) is 0 Å². The molecule has 86 valence electrons. The van der Waals surface area contributed by atoms with E-state index in [4.69, 9.17) is 5.11 Å². The maximum Gasteiger partial charge on any atom is 0.407 e. The average molecular weight is 220 g/mol. The first-order chi connectivity index (χ1) is 7.79. The lowest BCUT2D eigenvalue weighted by Crippen LogP contribution is -2.46. The van der Waals surface area contributed by atoms with Gasteiger partial charge in [0.25, 0.3) is 0 Å². The average Bonchev–Trinajstić information content (AvgIpc) is 2.57. The molecule has 4 heteroatoms. The van der Waals surface area contributed by atoms with Gasteiger partial charge in [0, 0.05) is 18.4 Å². The third kappa shape index (κ3) is 2.27. The number of likely N-dealkylation sites (tertiary alicyclic amines) is 1. The third-order valence-corrected chi connectivity index (χ3v) is 2.95. The second-order valence-corrected chi connectivity index (χ2v) is 4.00. The van der Waals surface area contributed by atoms with Crippen molar-refractivity contribution in [1.82, 2.24) is 10.2 Å². The fourth-order valence-electron chi connectivity index (χ4n) is 2.16. The van der Waals surface area contributed by atoms with Gasteiger partial charge in [0.1, 0.15) is 0 Å². The van der Waals surface area contributed by atoms with E-state index in [1.54, 1.807) is 0 Å². The van der Waals surface area contributed by atoms with Gasteiger partial charge in [-0.05, 0) is 31.4 Å². The zero-order valence-corrected chi connectivity index (χ0v) is 9.10. The highest BCUT2D eigenvalue weighted by atomic mass is 16.4. The standard InChI is InChI=1S/C12H16N2O2/c15-12(16)14-9-5-3-7-11(14)10-6-2-1-4-8-13-10/h1-2,4,6,8,11,13H,3,5,7,9H2,(H,15,16). The van der Waals surface area contributed by atoms with Crippen LogP contribution in [0.25, 0.3) is 0 Å². The van der Waals surface area contributed by atoms with Gasteiger partial charge in [0.05, 0.1) is 6.04 Å². The molecule has 16 heavy (non-hydrogen) atoms. The zero-order chi connectivity index (χ0) is 11.4. The summed E-state index contributed by atoms with van der Waals surface area (Å²) in [5, 5.41) is 12.3. The van der Waals surface area contributed by atoms with Gasteiger partial charge in [-0.3, -0.25) is 4.90 Å². The van der Waals surface area contributed by atoms with Gasteiger partial charge in [0.15, 0.2) is 0 Å². The van der Waals surface area contributed by atoms with Crippen LogP contribution in [0.5, 0.6) is 0 Å². The van der Waals surface area contributed by atoms with Gasteiger partial charge >= 0.3 is 6.09 Å². The quantitative estimate of drug-likeness (QED) is 0.711. The van der Waals surface area contributed by atoms with Gasteiger partial charge in [-0.15, -0.1) is 0 Å². The van der Waals surface area contributed by atoms with E-state index in [-0.39, 0.29) is 6.04 Å². The summed E-state index contributed by atoms with van der Waals surface area (Å²) in [6.45, 7) is 0.631. The minimum absolute atomic E-state index is 0.0290. The van der Waals surface area contributed by atoms with Crippen molar-refractivity contribution >= 4 is 6.09 Å². The van der Waals surface area contributed by atoms with Crippen LogP contribution in [-0.4, -0.2) is 28.7 Å². The van der Waals surface area contributed by atoms with Crippen molar-refractivity contribution in [2.45, 2.75) is 25.3 Å². The van der Waals surface area contributed by atoms with Crippen molar-refractivity contribution in [2.75, 3.05) is 6.54 Å². The van der Waals surface area contributed by atoms with Gasteiger partial charge < -0.3 is 10.4 Å². The Kier molecular flexibility index (Phi) is 3.29. The van der Waals surface area contributed by atoms with Crippen molar-refractivity contribution < 1.29 is 9.90 Å². The zero-order valence-electron chi connectivity index (χ0n) is 9.10. The van der Waals surface area contributed by atoms with Crippen LogP contribution in [-0.2, 0) is 0 Å². The normalized spacial score (nSPS) is 24.6. The van der Waals surface area contributed by atoms with E-state index in [9.17, 15) is 4.79 Å². The molecule has 0 aromatic heterocycles. The fourth-order valence-corrected chi connectivity index (χ4v) is 2.16. The number of rotatable bonds is 1. The molecule has 2 aliphatic rings. The Balaban J connectivity index is 2.16. The molecule has 1 unspecified atom stereocenters. The van der Waals surface area contributed by atoms with Crippen LogP contribution >= 0.6 is 0 Å². The summed E-state index contributed by atoms with van der Waals surface area (Å²) in [5.74, 6) is 0. The monoisotopic (exact) mass is 220 g/mol. The summed E-state index contributed by atoms with van der Waals surface area (Å²) in [5.41, 5.74) is 0.965. The molecule has 2 rings (SSSR count). The summed E-state index contributed by atoms with van der Waals surface area (Å²) in [6.07, 6.45) is 11.7. The molecule has 1 amide bonds. The summed E-state index contributed by atoms with van der Waals surface area (Å²) >= 11 is 0. The summed E-state index contributed by atoms with van der Waals surface area (Å²) in [7, 11) is 0. The first-order valence-electron chi connectivity index (χ1n) is 5.58. The molecule has 2 aliphatic heterocycles. The molecule has 0 aliphatic carbocycles. The van der Waals surface area contributed by atoms with E-state index < -0.39 is 6.09 Å². The van der Waals surface area contributed by atoms with E-state index >= 15 is 0 Å². The first kappa shape index (κ1) is 10.8. The number of piperidine rings is 1. The van der Waals surface area contributed by atoms with E-state index in [1.165, 1.54) is 4.90 Å². The molecule has 0 radical (unpaired) electrons. The maximum absolute atomic E-state index is 11.1. The minimum atomic E-state index is -0.829. The van der Waals surface area contributed by atoms with Gasteiger partial charge in [-0.25, -0.2) is 4.79 Å². The largest absolute Gasteiger partial charge is 0.465 e. The summed E-state index contributed by atoms with van der Waals surface area (Å²) in [6, 6.07) is -0.0290. The van der Waals surface area contributed by atoms with E-state index in [0.717, 1.165) is 25.0 Å². The predicted molar refractivity (Wildman–Crippen MR) is 61.9 cm³/mol. The maximum atomic E-state index is 11.1. The van der Waals surface area contributed by atoms with Crippen LogP contribution in [0.4, 0.5) is 4.79 Å². The van der Waals surface area contributed by atoms with Crippen LogP contribution in [0, 0.1) is 0 Å². The number of carbonyl (C=O) groups is 1. The Labute approximate surface area is 94.9 Å². The Morgan fingerprint density at radius 2 is 2.25 bits per heavy atom. The number of amides is 1. The van der Waals surface area contributed by atoms with Crippen LogP contribution in [0.2, 0.25) is 0 Å². The lowest BCUT2D eigenvalue weighted by molar-refractivity contribution is 0.115. The summed E-state index contributed by atoms with van der Waals surface area (Å²) in [4.78, 5) is 12.7. The Hall–Kier alpha value is -1.71. The second-order valence-electron chi connectivity index (χ2n) is 4.00. The molecule has 1 saturated heterocycles. The first-order valence-corrected chi connectivity index (χ1v) is 5.58. The Morgan fingerprint density at radius 1 is 1.38 bits per heavy atom. The van der Waals surface area contributed by atoms with Crippen molar-refractivity contribution in [3.8, 4) is 0 Å². The molecule has 1 atom stereocenters. The van der Waals surface area contributed by atoms with Crippen LogP contribution in [0.15, 0.2) is 36.2 Å². The molecule has 2 heterocycles. The van der Waals surface area contributed by atoms with E-state index in [1.807, 2.05) is 30.5 Å². The Bertz CT molecular complexity index is 358. The van der Waals surface area contributed by atoms with Crippen LogP contribution in [0.3, 0.4) is 0 Å². The molecule has 0 aromatic rings. The molecular weight excluding hydrogens is 204 g/mol. The van der Waals surface area contributed by atoms with Crippen molar-refractivity contribution in [1.29, 1.82) is 0 Å². The highest BCUT2D eigenvalue weighted by Crippen LogP contribution is 2.22. The molecule has 2 N–H and O–H groups in total. The third-order valence-electron chi connectivity index (χ3n) is 2.95. The summed E-state index contributed by atoms with van der Waals surface area (Å²) < 4.78 is 0. The lowest BCUT2D eigenvalue weighted by Gasteiger charge is -2.34. The van der Waals surface area contributed by atoms with Gasteiger partial charge in [-0.2, -0.15) is 0 Å². The van der Waals surface area contributed by atoms with Crippen molar-refractivity contribution in [3.05, 3.63) is 36.2 Å². The topological polar surface area (TPSA) is 52.6 Å². The van der Waals surface area contributed by atoms with Crippen LogP contribution < -0.4 is 5.32 Å². The van der Waals surface area contributed by atoms with Gasteiger partial charge in [-0.1, -0.05) is 12.2 Å². The number of carboxylic acid groups (broad SMARTS) is 1. The number of hydrogen-bond donors (Lipinski definition) is 2. The Morgan fingerprint density at radius 3 is 3.06 bits per heavy atom. The lowest BCUT2D eigenvalue weighted by atomic mass is 9.99. The minimum Gasteiger partial charge on any atom is -0.465 e. The fraction of sp³-hybridized carbons (Fsp3) is 0.417. The van der Waals surface area contributed by atoms with E-state index in [2.05, 4.69) is 5.32 Å². The molecule has 4 nitrogen and oxygen atoms in total.